The van der Waals surface area contributed by atoms with Crippen LogP contribution in [0.3, 0.4) is 0 Å². The van der Waals surface area contributed by atoms with Gasteiger partial charge in [0.05, 0.1) is 5.56 Å². The van der Waals surface area contributed by atoms with Crippen LogP contribution in [0, 0.1) is 11.8 Å². The molecule has 0 bridgehead atoms. The molecule has 13 heavy (non-hydrogen) atoms. The molecule has 1 aromatic rings. The Labute approximate surface area is 75.2 Å². The molecule has 0 heterocycles. The summed E-state index contributed by atoms with van der Waals surface area (Å²) in [6, 6.07) is 4.40. The second-order valence-electron chi connectivity index (χ2n) is 2.39. The van der Waals surface area contributed by atoms with Gasteiger partial charge in [-0.25, -0.2) is 0 Å². The second kappa shape index (κ2) is 3.50. The summed E-state index contributed by atoms with van der Waals surface area (Å²) >= 11 is 0. The van der Waals surface area contributed by atoms with E-state index in [1.54, 1.807) is 0 Å². The number of carbonyl (C=O) groups excluding carboxylic acids is 1. The normalized spacial score (nSPS) is 8.62. The summed E-state index contributed by atoms with van der Waals surface area (Å²) in [4.78, 5) is 10.3. The lowest BCUT2D eigenvalue weighted by Gasteiger charge is -1.97. The van der Waals surface area contributed by atoms with E-state index < -0.39 is 5.91 Å². The highest BCUT2D eigenvalue weighted by Gasteiger charge is 1.97. The fraction of sp³-hybridized carbons (Fsp3) is 0. The first-order chi connectivity index (χ1) is 6.09. The highest BCUT2D eigenvalue weighted by Crippen LogP contribution is 2.17. The standard InChI is InChI=1S/C9H8N2O2/c10-7-2-3-8(12)6(5-7)1-4-9(11)13/h2-3,5,12H,10H2,(H2,11,13). The number of amides is 1. The SMILES string of the molecule is NC(=O)C#Cc1cc(N)ccc1O. The number of nitrogen functional groups attached to an aromatic ring is 1. The van der Waals surface area contributed by atoms with E-state index in [9.17, 15) is 9.90 Å². The number of phenols is 1. The third kappa shape index (κ3) is 2.42. The van der Waals surface area contributed by atoms with E-state index in [1.807, 2.05) is 0 Å². The molecule has 0 saturated heterocycles. The molecule has 0 fully saturated rings. The molecule has 4 nitrogen and oxygen atoms in total. The van der Waals surface area contributed by atoms with Gasteiger partial charge in [-0.1, -0.05) is 5.92 Å². The van der Waals surface area contributed by atoms with Crippen molar-refractivity contribution in [3.63, 3.8) is 0 Å². The second-order valence-corrected chi connectivity index (χ2v) is 2.39. The monoisotopic (exact) mass is 176 g/mol. The van der Waals surface area contributed by atoms with Crippen molar-refractivity contribution in [1.29, 1.82) is 0 Å². The van der Waals surface area contributed by atoms with Gasteiger partial charge >= 0.3 is 0 Å². The number of anilines is 1. The lowest BCUT2D eigenvalue weighted by atomic mass is 10.2. The van der Waals surface area contributed by atoms with Crippen LogP contribution in [0.4, 0.5) is 5.69 Å². The minimum absolute atomic E-state index is 0.0250. The molecule has 0 unspecified atom stereocenters. The molecular weight excluding hydrogens is 168 g/mol. The number of hydrogen-bond acceptors (Lipinski definition) is 3. The average Bonchev–Trinajstić information content (AvgIpc) is 2.06. The minimum Gasteiger partial charge on any atom is -0.507 e. The maximum atomic E-state index is 10.3. The highest BCUT2D eigenvalue weighted by atomic mass is 16.3. The molecule has 4 heteroatoms. The van der Waals surface area contributed by atoms with E-state index in [4.69, 9.17) is 11.5 Å². The first-order valence-corrected chi connectivity index (χ1v) is 3.49. The fourth-order valence-electron chi connectivity index (χ4n) is 0.783. The summed E-state index contributed by atoms with van der Waals surface area (Å²) in [5, 5.41) is 9.24. The van der Waals surface area contributed by atoms with E-state index in [2.05, 4.69) is 11.8 Å². The first kappa shape index (κ1) is 8.94. The Kier molecular flexibility index (Phi) is 2.41. The predicted octanol–water partition coefficient (Wildman–Crippen LogP) is -0.189. The van der Waals surface area contributed by atoms with Gasteiger partial charge in [-0.3, -0.25) is 4.79 Å². The fourth-order valence-corrected chi connectivity index (χ4v) is 0.783. The van der Waals surface area contributed by atoms with E-state index in [0.29, 0.717) is 11.3 Å². The van der Waals surface area contributed by atoms with Crippen LogP contribution in [-0.2, 0) is 4.79 Å². The molecule has 0 aromatic heterocycles. The molecule has 0 aliphatic rings. The lowest BCUT2D eigenvalue weighted by Crippen LogP contribution is -2.06. The average molecular weight is 176 g/mol. The van der Waals surface area contributed by atoms with Crippen LogP contribution in [-0.4, -0.2) is 11.0 Å². The Morgan fingerprint density at radius 3 is 2.77 bits per heavy atom. The van der Waals surface area contributed by atoms with Crippen molar-refractivity contribution in [2.45, 2.75) is 0 Å². The van der Waals surface area contributed by atoms with Gasteiger partial charge in [0.2, 0.25) is 0 Å². The third-order valence-electron chi connectivity index (χ3n) is 1.34. The zero-order valence-electron chi connectivity index (χ0n) is 6.74. The topological polar surface area (TPSA) is 89.3 Å². The number of rotatable bonds is 0. The number of carbonyl (C=O) groups is 1. The van der Waals surface area contributed by atoms with E-state index in [-0.39, 0.29) is 5.75 Å². The van der Waals surface area contributed by atoms with Gasteiger partial charge in [0.15, 0.2) is 0 Å². The Morgan fingerprint density at radius 1 is 1.46 bits per heavy atom. The van der Waals surface area contributed by atoms with Crippen molar-refractivity contribution in [2.75, 3.05) is 5.73 Å². The van der Waals surface area contributed by atoms with E-state index in [0.717, 1.165) is 0 Å². The van der Waals surface area contributed by atoms with Gasteiger partial charge in [-0.15, -0.1) is 0 Å². The summed E-state index contributed by atoms with van der Waals surface area (Å²) < 4.78 is 0. The van der Waals surface area contributed by atoms with Gasteiger partial charge in [-0.2, -0.15) is 0 Å². The molecule has 5 N–H and O–H groups in total. The number of primary amides is 1. The summed E-state index contributed by atoms with van der Waals surface area (Å²) in [5.41, 5.74) is 11.0. The number of benzene rings is 1. The Morgan fingerprint density at radius 2 is 2.15 bits per heavy atom. The largest absolute Gasteiger partial charge is 0.507 e. The Hall–Kier alpha value is -2.15. The van der Waals surface area contributed by atoms with Crippen molar-refractivity contribution < 1.29 is 9.90 Å². The summed E-state index contributed by atoms with van der Waals surface area (Å²) in [5.74, 6) is 3.73. The van der Waals surface area contributed by atoms with Crippen LogP contribution < -0.4 is 11.5 Å². The molecule has 0 radical (unpaired) electrons. The summed E-state index contributed by atoms with van der Waals surface area (Å²) in [7, 11) is 0. The van der Waals surface area contributed by atoms with Gasteiger partial charge < -0.3 is 16.6 Å². The molecule has 0 atom stereocenters. The smallest absolute Gasteiger partial charge is 0.293 e. The van der Waals surface area contributed by atoms with Crippen LogP contribution in [0.1, 0.15) is 5.56 Å². The number of phenolic OH excluding ortho intramolecular Hbond substituents is 1. The first-order valence-electron chi connectivity index (χ1n) is 3.49. The maximum Gasteiger partial charge on any atom is 0.293 e. The zero-order chi connectivity index (χ0) is 9.84. The lowest BCUT2D eigenvalue weighted by molar-refractivity contribution is -0.112. The van der Waals surface area contributed by atoms with E-state index >= 15 is 0 Å². The minimum atomic E-state index is -0.748. The van der Waals surface area contributed by atoms with Crippen molar-refractivity contribution in [1.82, 2.24) is 0 Å². The zero-order valence-corrected chi connectivity index (χ0v) is 6.74. The quantitative estimate of drug-likeness (QED) is 0.291. The van der Waals surface area contributed by atoms with Gasteiger partial charge in [-0.05, 0) is 18.2 Å². The van der Waals surface area contributed by atoms with Crippen LogP contribution in [0.2, 0.25) is 0 Å². The van der Waals surface area contributed by atoms with Gasteiger partial charge in [0.1, 0.15) is 5.75 Å². The summed E-state index contributed by atoms with van der Waals surface area (Å²) in [6.45, 7) is 0. The van der Waals surface area contributed by atoms with Crippen LogP contribution in [0.25, 0.3) is 0 Å². The van der Waals surface area contributed by atoms with E-state index in [1.165, 1.54) is 18.2 Å². The van der Waals surface area contributed by atoms with Crippen LogP contribution in [0.5, 0.6) is 5.75 Å². The van der Waals surface area contributed by atoms with Gasteiger partial charge in [0, 0.05) is 11.6 Å². The number of hydrogen-bond donors (Lipinski definition) is 3. The Bertz CT molecular complexity index is 402. The highest BCUT2D eigenvalue weighted by molar-refractivity contribution is 5.92. The summed E-state index contributed by atoms with van der Waals surface area (Å²) in [6.07, 6.45) is 0. The molecule has 1 aromatic carbocycles. The molecule has 1 amide bonds. The number of aromatic hydroxyl groups is 1. The third-order valence-corrected chi connectivity index (χ3v) is 1.34. The molecule has 0 saturated carbocycles. The Balaban J connectivity index is 3.09. The van der Waals surface area contributed by atoms with Crippen molar-refractivity contribution >= 4 is 11.6 Å². The van der Waals surface area contributed by atoms with Crippen LogP contribution in [0.15, 0.2) is 18.2 Å². The molecule has 66 valence electrons. The molecule has 0 aliphatic heterocycles. The van der Waals surface area contributed by atoms with Gasteiger partial charge in [0.25, 0.3) is 5.91 Å². The number of nitrogens with two attached hydrogens (primary N) is 2. The molecule has 0 spiro atoms. The molecular formula is C9H8N2O2. The predicted molar refractivity (Wildman–Crippen MR) is 48.6 cm³/mol. The maximum absolute atomic E-state index is 10.3. The molecule has 1 rings (SSSR count). The van der Waals surface area contributed by atoms with Crippen molar-refractivity contribution in [3.8, 4) is 17.6 Å². The van der Waals surface area contributed by atoms with Crippen molar-refractivity contribution in [2.24, 2.45) is 5.73 Å². The van der Waals surface area contributed by atoms with Crippen LogP contribution >= 0.6 is 0 Å². The van der Waals surface area contributed by atoms with Crippen molar-refractivity contribution in [3.05, 3.63) is 23.8 Å². The molecule has 0 aliphatic carbocycles.